The van der Waals surface area contributed by atoms with E-state index < -0.39 is 0 Å². The summed E-state index contributed by atoms with van der Waals surface area (Å²) in [6, 6.07) is 3.14. The summed E-state index contributed by atoms with van der Waals surface area (Å²) in [6.45, 7) is 0. The third-order valence-corrected chi connectivity index (χ3v) is 3.44. The molecular weight excluding hydrogens is 323 g/mol. The minimum Gasteiger partial charge on any atom is -0.382 e. The van der Waals surface area contributed by atoms with Crippen molar-refractivity contribution in [1.29, 1.82) is 0 Å². The molecule has 0 saturated heterocycles. The number of nitrogens with two attached hydrogens (primary N) is 1. The molecule has 9 heteroatoms. The summed E-state index contributed by atoms with van der Waals surface area (Å²) in [5, 5.41) is 12.9. The van der Waals surface area contributed by atoms with Crippen molar-refractivity contribution in [3.05, 3.63) is 45.8 Å². The van der Waals surface area contributed by atoms with Crippen LogP contribution in [0.1, 0.15) is 0 Å². The van der Waals surface area contributed by atoms with Crippen LogP contribution in [0.3, 0.4) is 0 Å². The molecule has 20 heavy (non-hydrogen) atoms. The Morgan fingerprint density at radius 2 is 1.80 bits per heavy atom. The number of hydrogen-bond donors (Lipinski definition) is 1. The maximum Gasteiger partial charge on any atom is 0.153 e. The molecular formula is C11H7Cl3N6. The summed E-state index contributed by atoms with van der Waals surface area (Å²) in [5.74, 6) is 0.335. The molecule has 0 radical (unpaired) electrons. The van der Waals surface area contributed by atoms with Crippen LogP contribution in [0.25, 0.3) is 11.4 Å². The van der Waals surface area contributed by atoms with Gasteiger partial charge in [-0.25, -0.2) is 9.36 Å². The zero-order chi connectivity index (χ0) is 14.3. The van der Waals surface area contributed by atoms with Crippen molar-refractivity contribution < 1.29 is 0 Å². The number of nitrogens with zero attached hydrogens (tertiary/aromatic N) is 5. The second kappa shape index (κ2) is 4.97. The van der Waals surface area contributed by atoms with Gasteiger partial charge in [0, 0.05) is 5.02 Å². The number of nitrogen functional groups attached to an aromatic ring is 1. The van der Waals surface area contributed by atoms with Crippen LogP contribution in [0.5, 0.6) is 0 Å². The Hall–Kier alpha value is -1.76. The first-order chi connectivity index (χ1) is 9.58. The van der Waals surface area contributed by atoms with Gasteiger partial charge in [0.2, 0.25) is 0 Å². The number of halogens is 3. The molecule has 0 atom stereocenters. The Balaban J connectivity index is 2.18. The maximum absolute atomic E-state index is 6.16. The van der Waals surface area contributed by atoms with Crippen LogP contribution in [-0.4, -0.2) is 24.8 Å². The van der Waals surface area contributed by atoms with Gasteiger partial charge in [-0.1, -0.05) is 40.0 Å². The average Bonchev–Trinajstić information content (AvgIpc) is 2.99. The van der Waals surface area contributed by atoms with Crippen LogP contribution in [0.2, 0.25) is 15.1 Å². The number of hydrogen-bond acceptors (Lipinski definition) is 4. The summed E-state index contributed by atoms with van der Waals surface area (Å²) in [7, 11) is 0. The lowest BCUT2D eigenvalue weighted by molar-refractivity contribution is 0.805. The van der Waals surface area contributed by atoms with Crippen molar-refractivity contribution >= 4 is 40.6 Å². The molecule has 0 unspecified atom stereocenters. The summed E-state index contributed by atoms with van der Waals surface area (Å²) in [5.41, 5.74) is 7.10. The van der Waals surface area contributed by atoms with Crippen LogP contribution in [0, 0.1) is 0 Å². The van der Waals surface area contributed by atoms with Crippen molar-refractivity contribution in [3.63, 3.8) is 0 Å². The zero-order valence-electron chi connectivity index (χ0n) is 9.83. The van der Waals surface area contributed by atoms with Gasteiger partial charge in [-0.2, -0.15) is 5.10 Å². The van der Waals surface area contributed by atoms with Crippen LogP contribution in [0.4, 0.5) is 5.82 Å². The molecule has 0 fully saturated rings. The van der Waals surface area contributed by atoms with E-state index in [1.807, 2.05) is 0 Å². The number of anilines is 1. The first-order valence-corrected chi connectivity index (χ1v) is 6.56. The van der Waals surface area contributed by atoms with E-state index in [4.69, 9.17) is 40.5 Å². The lowest BCUT2D eigenvalue weighted by atomic mass is 10.3. The highest BCUT2D eigenvalue weighted by molar-refractivity contribution is 6.40. The van der Waals surface area contributed by atoms with Gasteiger partial charge >= 0.3 is 0 Å². The molecule has 0 spiro atoms. The molecule has 0 saturated carbocycles. The molecule has 102 valence electrons. The molecule has 0 aliphatic rings. The summed E-state index contributed by atoms with van der Waals surface area (Å²) in [6.07, 6.45) is 4.74. The monoisotopic (exact) mass is 328 g/mol. The van der Waals surface area contributed by atoms with E-state index in [9.17, 15) is 0 Å². The van der Waals surface area contributed by atoms with Crippen molar-refractivity contribution in [2.75, 3.05) is 5.73 Å². The highest BCUT2D eigenvalue weighted by atomic mass is 35.5. The smallest absolute Gasteiger partial charge is 0.153 e. The van der Waals surface area contributed by atoms with Crippen molar-refractivity contribution in [1.82, 2.24) is 24.8 Å². The molecule has 0 aliphatic heterocycles. The van der Waals surface area contributed by atoms with Crippen LogP contribution in [0.15, 0.2) is 30.7 Å². The highest BCUT2D eigenvalue weighted by Crippen LogP contribution is 2.34. The van der Waals surface area contributed by atoms with Gasteiger partial charge in [-0.3, -0.25) is 0 Å². The lowest BCUT2D eigenvalue weighted by Gasteiger charge is -2.09. The minimum atomic E-state index is 0.335. The SMILES string of the molecule is Nc1c(-n2ccnn2)cnn1-c1c(Cl)cc(Cl)cc1Cl. The van der Waals surface area contributed by atoms with Gasteiger partial charge in [0.1, 0.15) is 11.4 Å². The Bertz CT molecular complexity index is 742. The predicted octanol–water partition coefficient (Wildman–Crippen LogP) is 3.00. The molecule has 0 amide bonds. The van der Waals surface area contributed by atoms with Gasteiger partial charge in [0.05, 0.1) is 28.6 Å². The van der Waals surface area contributed by atoms with Crippen molar-refractivity contribution in [3.8, 4) is 11.4 Å². The quantitative estimate of drug-likeness (QED) is 0.784. The zero-order valence-corrected chi connectivity index (χ0v) is 12.1. The molecule has 3 aromatic rings. The molecule has 6 nitrogen and oxygen atoms in total. The predicted molar refractivity (Wildman–Crippen MR) is 77.9 cm³/mol. The fraction of sp³-hybridized carbons (Fsp3) is 0. The van der Waals surface area contributed by atoms with Crippen LogP contribution in [-0.2, 0) is 0 Å². The normalized spacial score (nSPS) is 10.9. The second-order valence-electron chi connectivity index (χ2n) is 3.89. The van der Waals surface area contributed by atoms with E-state index in [1.165, 1.54) is 9.36 Å². The summed E-state index contributed by atoms with van der Waals surface area (Å²) in [4.78, 5) is 0. The Morgan fingerprint density at radius 1 is 1.10 bits per heavy atom. The molecule has 2 N–H and O–H groups in total. The Labute approximate surface area is 128 Å². The lowest BCUT2D eigenvalue weighted by Crippen LogP contribution is -2.06. The van der Waals surface area contributed by atoms with E-state index in [0.29, 0.717) is 32.3 Å². The highest BCUT2D eigenvalue weighted by Gasteiger charge is 2.17. The molecule has 0 bridgehead atoms. The molecule has 2 heterocycles. The second-order valence-corrected chi connectivity index (χ2v) is 5.14. The molecule has 1 aromatic carbocycles. The first-order valence-electron chi connectivity index (χ1n) is 5.43. The fourth-order valence-electron chi connectivity index (χ4n) is 1.78. The van der Waals surface area contributed by atoms with E-state index >= 15 is 0 Å². The number of rotatable bonds is 2. The Morgan fingerprint density at radius 3 is 2.40 bits per heavy atom. The molecule has 2 aromatic heterocycles. The van der Waals surface area contributed by atoms with E-state index in [-0.39, 0.29) is 0 Å². The summed E-state index contributed by atoms with van der Waals surface area (Å²) >= 11 is 18.2. The van der Waals surface area contributed by atoms with E-state index in [0.717, 1.165) is 0 Å². The van der Waals surface area contributed by atoms with Gasteiger partial charge in [0.15, 0.2) is 5.82 Å². The minimum absolute atomic E-state index is 0.335. The fourth-order valence-corrected chi connectivity index (χ4v) is 2.75. The van der Waals surface area contributed by atoms with Crippen LogP contribution >= 0.6 is 34.8 Å². The maximum atomic E-state index is 6.16. The third-order valence-electron chi connectivity index (χ3n) is 2.65. The van der Waals surface area contributed by atoms with Gasteiger partial charge < -0.3 is 5.73 Å². The van der Waals surface area contributed by atoms with E-state index in [2.05, 4.69) is 15.4 Å². The standard InChI is InChI=1S/C11H7Cl3N6/c12-6-3-7(13)10(8(14)4-6)20-11(15)9(5-17-20)19-2-1-16-18-19/h1-5H,15H2. The van der Waals surface area contributed by atoms with E-state index in [1.54, 1.807) is 30.7 Å². The summed E-state index contributed by atoms with van der Waals surface area (Å²) < 4.78 is 2.93. The average molecular weight is 330 g/mol. The van der Waals surface area contributed by atoms with Gasteiger partial charge in [0.25, 0.3) is 0 Å². The third kappa shape index (κ3) is 2.11. The number of aromatic nitrogens is 5. The number of benzene rings is 1. The van der Waals surface area contributed by atoms with Crippen LogP contribution < -0.4 is 5.73 Å². The van der Waals surface area contributed by atoms with Crippen molar-refractivity contribution in [2.45, 2.75) is 0 Å². The van der Waals surface area contributed by atoms with Crippen molar-refractivity contribution in [2.24, 2.45) is 0 Å². The van der Waals surface area contributed by atoms with Gasteiger partial charge in [-0.15, -0.1) is 5.10 Å². The molecule has 3 rings (SSSR count). The largest absolute Gasteiger partial charge is 0.382 e. The first kappa shape index (κ1) is 13.2. The topological polar surface area (TPSA) is 74.6 Å². The van der Waals surface area contributed by atoms with Gasteiger partial charge in [-0.05, 0) is 12.1 Å². The Kier molecular flexibility index (Phi) is 3.29. The molecule has 0 aliphatic carbocycles.